The maximum absolute atomic E-state index is 11.3. The molecule has 0 aliphatic rings. The number of carbonyl (C=O) groups excluding carboxylic acids is 1. The number of primary amides is 1. The molecule has 126 valence electrons. The van der Waals surface area contributed by atoms with Crippen LogP contribution in [0.15, 0.2) is 52.1 Å². The Bertz CT molecular complexity index is 789. The number of hydrogen-bond acceptors (Lipinski definition) is 6. The van der Waals surface area contributed by atoms with Gasteiger partial charge < -0.3 is 21.5 Å². The molecule has 2 aromatic carbocycles. The van der Waals surface area contributed by atoms with E-state index in [1.165, 1.54) is 11.8 Å². The third-order valence-corrected chi connectivity index (χ3v) is 4.39. The first-order chi connectivity index (χ1) is 11.6. The number of aliphatic imine (C=N–C) groups is 1. The van der Waals surface area contributed by atoms with Gasteiger partial charge in [0.15, 0.2) is 5.70 Å². The van der Waals surface area contributed by atoms with Crippen LogP contribution in [0, 0.1) is 0 Å². The number of aliphatic hydroxyl groups is 1. The second-order valence-electron chi connectivity index (χ2n) is 4.97. The molecular formula is C17H20N4O2S. The molecular weight excluding hydrogens is 324 g/mol. The predicted molar refractivity (Wildman–Crippen MR) is 101 cm³/mol. The van der Waals surface area contributed by atoms with Crippen molar-refractivity contribution in [2.45, 2.75) is 6.61 Å². The Kier molecular flexibility index (Phi) is 6.22. The number of thioether (sulfide) groups is 1. The van der Waals surface area contributed by atoms with Gasteiger partial charge in [-0.3, -0.25) is 9.79 Å². The first-order valence-electron chi connectivity index (χ1n) is 7.27. The lowest BCUT2D eigenvalue weighted by molar-refractivity contribution is -0.114. The Morgan fingerprint density at radius 2 is 2.00 bits per heavy atom. The van der Waals surface area contributed by atoms with E-state index in [4.69, 9.17) is 5.73 Å². The summed E-state index contributed by atoms with van der Waals surface area (Å²) in [6.07, 6.45) is 0. The van der Waals surface area contributed by atoms with Gasteiger partial charge in [0.2, 0.25) is 0 Å². The van der Waals surface area contributed by atoms with Gasteiger partial charge in [-0.15, -0.1) is 0 Å². The predicted octanol–water partition coefficient (Wildman–Crippen LogP) is 2.01. The van der Waals surface area contributed by atoms with Crippen LogP contribution >= 0.6 is 11.8 Å². The quantitative estimate of drug-likeness (QED) is 0.333. The maximum atomic E-state index is 11.3. The number of hydrogen-bond donors (Lipinski definition) is 4. The molecule has 0 spiro atoms. The van der Waals surface area contributed by atoms with Gasteiger partial charge in [0.1, 0.15) is 5.03 Å². The highest BCUT2D eigenvalue weighted by Gasteiger charge is 2.10. The van der Waals surface area contributed by atoms with E-state index < -0.39 is 5.91 Å². The topological polar surface area (TPSA) is 99.7 Å². The number of anilines is 1. The summed E-state index contributed by atoms with van der Waals surface area (Å²) in [4.78, 5) is 15.0. The molecule has 6 nitrogen and oxygen atoms in total. The molecule has 0 saturated carbocycles. The highest BCUT2D eigenvalue weighted by molar-refractivity contribution is 8.03. The summed E-state index contributed by atoms with van der Waals surface area (Å²) in [6.45, 7) is 3.40. The van der Waals surface area contributed by atoms with Gasteiger partial charge in [-0.05, 0) is 41.3 Å². The second-order valence-corrected chi connectivity index (χ2v) is 5.96. The zero-order valence-electron chi connectivity index (χ0n) is 13.4. The van der Waals surface area contributed by atoms with E-state index in [9.17, 15) is 9.90 Å². The fraction of sp³-hybridized carbons (Fsp3) is 0.176. The molecule has 0 heterocycles. The van der Waals surface area contributed by atoms with Gasteiger partial charge >= 0.3 is 0 Å². The molecule has 0 unspecified atom stereocenters. The zero-order valence-corrected chi connectivity index (χ0v) is 14.2. The molecule has 24 heavy (non-hydrogen) atoms. The number of nitrogens with zero attached hydrogens (tertiary/aromatic N) is 1. The van der Waals surface area contributed by atoms with Crippen molar-refractivity contribution in [3.8, 4) is 0 Å². The average molecular weight is 344 g/mol. The molecule has 1 amide bonds. The van der Waals surface area contributed by atoms with Crippen molar-refractivity contribution in [2.75, 3.05) is 18.2 Å². The molecule has 0 saturated heterocycles. The van der Waals surface area contributed by atoms with Crippen LogP contribution in [-0.4, -0.2) is 30.7 Å². The number of nitrogens with one attached hydrogen (secondary N) is 2. The van der Waals surface area contributed by atoms with Crippen molar-refractivity contribution in [1.29, 1.82) is 0 Å². The number of carbonyl (C=O) groups is 1. The van der Waals surface area contributed by atoms with E-state index in [0.717, 1.165) is 22.0 Å². The molecule has 5 N–H and O–H groups in total. The minimum absolute atomic E-state index is 0.0330. The average Bonchev–Trinajstić information content (AvgIpc) is 2.60. The van der Waals surface area contributed by atoms with Crippen LogP contribution in [0.4, 0.5) is 5.69 Å². The van der Waals surface area contributed by atoms with Crippen molar-refractivity contribution in [3.05, 3.63) is 52.7 Å². The van der Waals surface area contributed by atoms with Gasteiger partial charge in [-0.1, -0.05) is 30.0 Å². The number of rotatable bonds is 8. The molecule has 0 aliphatic carbocycles. The summed E-state index contributed by atoms with van der Waals surface area (Å²) in [6, 6.07) is 11.8. The van der Waals surface area contributed by atoms with Gasteiger partial charge in [-0.25, -0.2) is 0 Å². The van der Waals surface area contributed by atoms with Crippen LogP contribution in [0.3, 0.4) is 0 Å². The second kappa shape index (κ2) is 8.37. The number of fused-ring (bicyclic) bond motifs is 1. The van der Waals surface area contributed by atoms with E-state index in [-0.39, 0.29) is 12.3 Å². The Labute approximate surface area is 144 Å². The molecule has 0 aromatic heterocycles. The fourth-order valence-electron chi connectivity index (χ4n) is 2.22. The van der Waals surface area contributed by atoms with Crippen molar-refractivity contribution >= 4 is 40.8 Å². The summed E-state index contributed by atoms with van der Waals surface area (Å²) in [5, 5.41) is 18.1. The van der Waals surface area contributed by atoms with E-state index in [1.807, 2.05) is 36.4 Å². The van der Waals surface area contributed by atoms with Gasteiger partial charge in [-0.2, -0.15) is 0 Å². The zero-order chi connectivity index (χ0) is 17.5. The molecule has 0 atom stereocenters. The van der Waals surface area contributed by atoms with E-state index in [2.05, 4.69) is 22.3 Å². The SMILES string of the molecule is C=N/C(C(N)=O)=C(/NC)SCNc1ccc2cc(CO)ccc2c1. The molecule has 0 bridgehead atoms. The highest BCUT2D eigenvalue weighted by Crippen LogP contribution is 2.23. The summed E-state index contributed by atoms with van der Waals surface area (Å²) in [5.41, 5.74) is 7.24. The van der Waals surface area contributed by atoms with Crippen molar-refractivity contribution in [2.24, 2.45) is 10.7 Å². The highest BCUT2D eigenvalue weighted by atomic mass is 32.2. The molecule has 7 heteroatoms. The molecule has 2 aromatic rings. The first kappa shape index (κ1) is 17.8. The normalized spacial score (nSPS) is 11.8. The smallest absolute Gasteiger partial charge is 0.269 e. The monoisotopic (exact) mass is 344 g/mol. The molecule has 0 radical (unpaired) electrons. The molecule has 0 fully saturated rings. The summed E-state index contributed by atoms with van der Waals surface area (Å²) >= 11 is 1.38. The Hall–Kier alpha value is -2.51. The van der Waals surface area contributed by atoms with Crippen LogP contribution in [-0.2, 0) is 11.4 Å². The van der Waals surface area contributed by atoms with Gasteiger partial charge in [0.05, 0.1) is 12.5 Å². The van der Waals surface area contributed by atoms with Crippen molar-refractivity contribution < 1.29 is 9.90 Å². The molecule has 0 aliphatic heterocycles. The Balaban J connectivity index is 2.07. The third-order valence-electron chi connectivity index (χ3n) is 3.41. The first-order valence-corrected chi connectivity index (χ1v) is 8.26. The van der Waals surface area contributed by atoms with Crippen molar-refractivity contribution in [1.82, 2.24) is 5.32 Å². The van der Waals surface area contributed by atoms with E-state index >= 15 is 0 Å². The third kappa shape index (κ3) is 4.27. The van der Waals surface area contributed by atoms with Crippen molar-refractivity contribution in [3.63, 3.8) is 0 Å². The summed E-state index contributed by atoms with van der Waals surface area (Å²) < 4.78 is 0. The minimum Gasteiger partial charge on any atom is -0.392 e. The largest absolute Gasteiger partial charge is 0.392 e. The summed E-state index contributed by atoms with van der Waals surface area (Å²) in [7, 11) is 1.70. The Morgan fingerprint density at radius 3 is 2.62 bits per heavy atom. The van der Waals surface area contributed by atoms with Gasteiger partial charge in [0, 0.05) is 12.7 Å². The summed E-state index contributed by atoms with van der Waals surface area (Å²) in [5.74, 6) is -0.0878. The number of aliphatic hydroxyl groups excluding tert-OH is 1. The van der Waals surface area contributed by atoms with Crippen LogP contribution in [0.5, 0.6) is 0 Å². The van der Waals surface area contributed by atoms with Crippen LogP contribution in [0.25, 0.3) is 10.8 Å². The van der Waals surface area contributed by atoms with Crippen LogP contribution in [0.1, 0.15) is 5.56 Å². The minimum atomic E-state index is -0.618. The van der Waals surface area contributed by atoms with E-state index in [0.29, 0.717) is 10.9 Å². The van der Waals surface area contributed by atoms with Crippen LogP contribution < -0.4 is 16.4 Å². The number of benzene rings is 2. The lowest BCUT2D eigenvalue weighted by Gasteiger charge is -2.11. The molecule has 2 rings (SSSR count). The lowest BCUT2D eigenvalue weighted by atomic mass is 10.1. The standard InChI is InChI=1S/C17H20N4O2S/c1-19-15(16(18)23)17(20-2)24-10-21-14-6-5-12-7-11(9-22)3-4-13(12)8-14/h3-8,20-22H,1,9-10H2,2H3,(H2,18,23)/b17-15-. The van der Waals surface area contributed by atoms with Crippen LogP contribution in [0.2, 0.25) is 0 Å². The number of nitrogens with two attached hydrogens (primary N) is 1. The Morgan fingerprint density at radius 1 is 1.29 bits per heavy atom. The number of amides is 1. The van der Waals surface area contributed by atoms with Gasteiger partial charge in [0.25, 0.3) is 5.91 Å². The maximum Gasteiger partial charge on any atom is 0.269 e. The van der Waals surface area contributed by atoms with E-state index in [1.54, 1.807) is 7.05 Å². The fourth-order valence-corrected chi connectivity index (χ4v) is 3.05. The lowest BCUT2D eigenvalue weighted by Crippen LogP contribution is -2.19.